The summed E-state index contributed by atoms with van der Waals surface area (Å²) < 4.78 is 0. The SMILES string of the molecule is CC1(NC(=O)c2cnc(Cl)cn2)CCCCC1. The van der Waals surface area contributed by atoms with Gasteiger partial charge in [0.1, 0.15) is 10.8 Å². The standard InChI is InChI=1S/C12H16ClN3O/c1-12(5-3-2-4-6-12)16-11(17)9-7-15-10(13)8-14-9/h7-8H,2-6H2,1H3,(H,16,17). The number of nitrogens with zero attached hydrogens (tertiary/aromatic N) is 2. The highest BCUT2D eigenvalue weighted by Gasteiger charge is 2.29. The molecule has 0 unspecified atom stereocenters. The average Bonchev–Trinajstić information content (AvgIpc) is 2.30. The molecule has 0 aromatic carbocycles. The molecule has 0 saturated heterocycles. The normalized spacial score (nSPS) is 18.7. The minimum Gasteiger partial charge on any atom is -0.345 e. The molecule has 92 valence electrons. The van der Waals surface area contributed by atoms with Gasteiger partial charge in [0.2, 0.25) is 0 Å². The minimum absolute atomic E-state index is 0.101. The summed E-state index contributed by atoms with van der Waals surface area (Å²) >= 11 is 5.63. The molecule has 2 rings (SSSR count). The van der Waals surface area contributed by atoms with E-state index in [0.717, 1.165) is 12.8 Å². The molecular weight excluding hydrogens is 238 g/mol. The Hall–Kier alpha value is -1.16. The first-order valence-corrected chi connectivity index (χ1v) is 6.27. The minimum atomic E-state index is -0.168. The second-order valence-electron chi connectivity index (χ2n) is 4.80. The van der Waals surface area contributed by atoms with Crippen LogP contribution in [0.5, 0.6) is 0 Å². The summed E-state index contributed by atoms with van der Waals surface area (Å²) in [7, 11) is 0. The van der Waals surface area contributed by atoms with Gasteiger partial charge in [0.15, 0.2) is 0 Å². The molecule has 1 saturated carbocycles. The molecule has 1 fully saturated rings. The van der Waals surface area contributed by atoms with E-state index in [1.54, 1.807) is 0 Å². The van der Waals surface area contributed by atoms with Crippen molar-refractivity contribution < 1.29 is 4.79 Å². The molecule has 0 bridgehead atoms. The van der Waals surface area contributed by atoms with Gasteiger partial charge in [0.25, 0.3) is 5.91 Å². The zero-order valence-corrected chi connectivity index (χ0v) is 10.6. The van der Waals surface area contributed by atoms with Crippen molar-refractivity contribution in [1.29, 1.82) is 0 Å². The molecule has 1 N–H and O–H groups in total. The summed E-state index contributed by atoms with van der Waals surface area (Å²) in [6.45, 7) is 2.09. The molecular formula is C12H16ClN3O. The van der Waals surface area contributed by atoms with Crippen molar-refractivity contribution in [3.63, 3.8) is 0 Å². The lowest BCUT2D eigenvalue weighted by molar-refractivity contribution is 0.0877. The number of aromatic nitrogens is 2. The third kappa shape index (κ3) is 3.16. The summed E-state index contributed by atoms with van der Waals surface area (Å²) in [5.41, 5.74) is 0.220. The van der Waals surface area contributed by atoms with Crippen LogP contribution in [0, 0.1) is 0 Å². The van der Waals surface area contributed by atoms with Crippen LogP contribution in [0.15, 0.2) is 12.4 Å². The van der Waals surface area contributed by atoms with Crippen LogP contribution in [0.2, 0.25) is 5.15 Å². The lowest BCUT2D eigenvalue weighted by Gasteiger charge is -2.34. The Morgan fingerprint density at radius 3 is 2.59 bits per heavy atom. The van der Waals surface area contributed by atoms with Crippen molar-refractivity contribution in [1.82, 2.24) is 15.3 Å². The van der Waals surface area contributed by atoms with Crippen molar-refractivity contribution in [2.75, 3.05) is 0 Å². The number of rotatable bonds is 2. The van der Waals surface area contributed by atoms with E-state index in [9.17, 15) is 4.79 Å². The Morgan fingerprint density at radius 1 is 1.29 bits per heavy atom. The molecule has 0 spiro atoms. The number of hydrogen-bond acceptors (Lipinski definition) is 3. The number of hydrogen-bond donors (Lipinski definition) is 1. The van der Waals surface area contributed by atoms with Crippen LogP contribution >= 0.6 is 11.6 Å². The van der Waals surface area contributed by atoms with Gasteiger partial charge in [-0.25, -0.2) is 9.97 Å². The van der Waals surface area contributed by atoms with Crippen LogP contribution in [0.25, 0.3) is 0 Å². The molecule has 0 radical (unpaired) electrons. The molecule has 4 nitrogen and oxygen atoms in total. The highest BCUT2D eigenvalue weighted by atomic mass is 35.5. The van der Waals surface area contributed by atoms with Gasteiger partial charge in [-0.15, -0.1) is 0 Å². The molecule has 0 aliphatic heterocycles. The molecule has 1 aromatic heterocycles. The van der Waals surface area contributed by atoms with Crippen LogP contribution in [0.1, 0.15) is 49.5 Å². The molecule has 1 aliphatic carbocycles. The van der Waals surface area contributed by atoms with Crippen molar-refractivity contribution in [2.24, 2.45) is 0 Å². The number of carbonyl (C=O) groups excluding carboxylic acids is 1. The number of halogens is 1. The Labute approximate surface area is 106 Å². The first kappa shape index (κ1) is 12.3. The van der Waals surface area contributed by atoms with Crippen molar-refractivity contribution >= 4 is 17.5 Å². The van der Waals surface area contributed by atoms with Gasteiger partial charge in [-0.3, -0.25) is 4.79 Å². The van der Waals surface area contributed by atoms with E-state index in [1.807, 2.05) is 0 Å². The van der Waals surface area contributed by atoms with E-state index in [0.29, 0.717) is 10.8 Å². The van der Waals surface area contributed by atoms with E-state index < -0.39 is 0 Å². The molecule has 1 heterocycles. The number of carbonyl (C=O) groups is 1. The summed E-state index contributed by atoms with van der Waals surface area (Å²) in [4.78, 5) is 19.8. The van der Waals surface area contributed by atoms with Gasteiger partial charge >= 0.3 is 0 Å². The first-order chi connectivity index (χ1) is 8.09. The predicted molar refractivity (Wildman–Crippen MR) is 66.0 cm³/mol. The van der Waals surface area contributed by atoms with Crippen LogP contribution in [0.3, 0.4) is 0 Å². The van der Waals surface area contributed by atoms with Crippen LogP contribution in [-0.2, 0) is 0 Å². The zero-order chi connectivity index (χ0) is 12.3. The molecule has 5 heteroatoms. The quantitative estimate of drug-likeness (QED) is 0.881. The van der Waals surface area contributed by atoms with Crippen LogP contribution < -0.4 is 5.32 Å². The fraction of sp³-hybridized carbons (Fsp3) is 0.583. The third-order valence-electron chi connectivity index (χ3n) is 3.23. The lowest BCUT2D eigenvalue weighted by Crippen LogP contribution is -2.47. The maximum atomic E-state index is 12.0. The van der Waals surface area contributed by atoms with Gasteiger partial charge in [-0.05, 0) is 19.8 Å². The average molecular weight is 254 g/mol. The zero-order valence-electron chi connectivity index (χ0n) is 9.87. The van der Waals surface area contributed by atoms with Crippen molar-refractivity contribution in [3.05, 3.63) is 23.2 Å². The van der Waals surface area contributed by atoms with Gasteiger partial charge < -0.3 is 5.32 Å². The Morgan fingerprint density at radius 2 is 2.00 bits per heavy atom. The molecule has 1 aromatic rings. The smallest absolute Gasteiger partial charge is 0.271 e. The van der Waals surface area contributed by atoms with E-state index in [4.69, 9.17) is 11.6 Å². The number of amides is 1. The van der Waals surface area contributed by atoms with E-state index >= 15 is 0 Å². The molecule has 1 amide bonds. The van der Waals surface area contributed by atoms with Crippen molar-refractivity contribution in [3.8, 4) is 0 Å². The third-order valence-corrected chi connectivity index (χ3v) is 3.42. The van der Waals surface area contributed by atoms with Crippen molar-refractivity contribution in [2.45, 2.75) is 44.6 Å². The molecule has 17 heavy (non-hydrogen) atoms. The Bertz CT molecular complexity index is 399. The largest absolute Gasteiger partial charge is 0.345 e. The molecule has 0 atom stereocenters. The van der Waals surface area contributed by atoms with Gasteiger partial charge in [-0.2, -0.15) is 0 Å². The lowest BCUT2D eigenvalue weighted by atomic mass is 9.83. The maximum Gasteiger partial charge on any atom is 0.271 e. The summed E-state index contributed by atoms with van der Waals surface area (Å²) in [6, 6.07) is 0. The fourth-order valence-electron chi connectivity index (χ4n) is 2.22. The highest BCUT2D eigenvalue weighted by Crippen LogP contribution is 2.27. The summed E-state index contributed by atoms with van der Waals surface area (Å²) in [5.74, 6) is -0.168. The predicted octanol–water partition coefficient (Wildman–Crippen LogP) is 2.58. The Kier molecular flexibility index (Phi) is 3.62. The van der Waals surface area contributed by atoms with E-state index in [2.05, 4.69) is 22.2 Å². The number of nitrogens with one attached hydrogen (secondary N) is 1. The van der Waals surface area contributed by atoms with Gasteiger partial charge in [0, 0.05) is 5.54 Å². The highest BCUT2D eigenvalue weighted by molar-refractivity contribution is 6.29. The topological polar surface area (TPSA) is 54.9 Å². The van der Waals surface area contributed by atoms with Gasteiger partial charge in [0.05, 0.1) is 12.4 Å². The first-order valence-electron chi connectivity index (χ1n) is 5.89. The monoisotopic (exact) mass is 253 g/mol. The van der Waals surface area contributed by atoms with Gasteiger partial charge in [-0.1, -0.05) is 30.9 Å². The molecule has 1 aliphatic rings. The second-order valence-corrected chi connectivity index (χ2v) is 5.19. The van der Waals surface area contributed by atoms with Crippen LogP contribution in [-0.4, -0.2) is 21.4 Å². The second kappa shape index (κ2) is 5.00. The maximum absolute atomic E-state index is 12.0. The van der Waals surface area contributed by atoms with Crippen LogP contribution in [0.4, 0.5) is 0 Å². The van der Waals surface area contributed by atoms with E-state index in [1.165, 1.54) is 31.7 Å². The fourth-order valence-corrected chi connectivity index (χ4v) is 2.32. The summed E-state index contributed by atoms with van der Waals surface area (Å²) in [5, 5.41) is 3.34. The van der Waals surface area contributed by atoms with E-state index in [-0.39, 0.29) is 11.4 Å². The summed E-state index contributed by atoms with van der Waals surface area (Å²) in [6.07, 6.45) is 8.45. The Balaban J connectivity index is 2.03.